The van der Waals surface area contributed by atoms with E-state index in [2.05, 4.69) is 53.5 Å². The Labute approximate surface area is 171 Å². The van der Waals surface area contributed by atoms with Gasteiger partial charge in [-0.2, -0.15) is 0 Å². The van der Waals surface area contributed by atoms with Crippen LogP contribution in [0.2, 0.25) is 0 Å². The lowest BCUT2D eigenvalue weighted by molar-refractivity contribution is 0.405. The number of nitrogens with zero attached hydrogens (tertiary/aromatic N) is 2. The second-order valence-electron chi connectivity index (χ2n) is 5.73. The Balaban J connectivity index is 0.00000312. The van der Waals surface area contributed by atoms with Crippen molar-refractivity contribution in [2.45, 2.75) is 33.2 Å². The normalized spacial score (nSPS) is 12.3. The second-order valence-corrected chi connectivity index (χ2v) is 7.04. The van der Waals surface area contributed by atoms with Crippen LogP contribution in [0.4, 0.5) is 0 Å². The molecule has 0 fully saturated rings. The highest BCUT2D eigenvalue weighted by Crippen LogP contribution is 2.25. The molecule has 1 aromatic carbocycles. The zero-order valence-electron chi connectivity index (χ0n) is 15.4. The molecule has 0 aliphatic carbocycles. The number of hydrogen-bond donors (Lipinski definition) is 2. The smallest absolute Gasteiger partial charge is 0.191 e. The van der Waals surface area contributed by atoms with Gasteiger partial charge in [0.2, 0.25) is 0 Å². The topological polar surface area (TPSA) is 58.5 Å². The Morgan fingerprint density at radius 2 is 2.12 bits per heavy atom. The Morgan fingerprint density at radius 3 is 2.72 bits per heavy atom. The molecule has 7 heteroatoms. The third-order valence-corrected chi connectivity index (χ3v) is 4.70. The summed E-state index contributed by atoms with van der Waals surface area (Å²) in [4.78, 5) is 9.93. The van der Waals surface area contributed by atoms with Gasteiger partial charge in [0.25, 0.3) is 0 Å². The Hall–Kier alpha value is -1.35. The lowest BCUT2D eigenvalue weighted by Crippen LogP contribution is -2.39. The molecule has 1 unspecified atom stereocenters. The molecule has 0 aliphatic rings. The maximum Gasteiger partial charge on any atom is 0.191 e. The van der Waals surface area contributed by atoms with Gasteiger partial charge in [-0.25, -0.2) is 4.98 Å². The van der Waals surface area contributed by atoms with Crippen LogP contribution in [0, 0.1) is 13.8 Å². The van der Waals surface area contributed by atoms with Gasteiger partial charge in [-0.3, -0.25) is 4.99 Å². The van der Waals surface area contributed by atoms with Crippen LogP contribution in [-0.4, -0.2) is 31.6 Å². The number of halogens is 1. The van der Waals surface area contributed by atoms with Gasteiger partial charge >= 0.3 is 0 Å². The maximum absolute atomic E-state index is 5.47. The quantitative estimate of drug-likeness (QED) is 0.380. The average molecular weight is 474 g/mol. The van der Waals surface area contributed by atoms with Crippen LogP contribution in [-0.2, 0) is 6.42 Å². The first-order valence-electron chi connectivity index (χ1n) is 8.06. The zero-order valence-corrected chi connectivity index (χ0v) is 18.6. The van der Waals surface area contributed by atoms with Gasteiger partial charge in [-0.05, 0) is 26.8 Å². The number of aryl methyl sites for hydroxylation is 2. The van der Waals surface area contributed by atoms with Gasteiger partial charge in [-0.15, -0.1) is 35.3 Å². The molecule has 2 rings (SSSR count). The molecule has 2 aromatic rings. The van der Waals surface area contributed by atoms with Crippen LogP contribution >= 0.6 is 35.3 Å². The van der Waals surface area contributed by atoms with E-state index in [-0.39, 0.29) is 30.0 Å². The number of benzene rings is 1. The van der Waals surface area contributed by atoms with Crippen molar-refractivity contribution in [1.82, 2.24) is 15.6 Å². The fraction of sp³-hybridized carbons (Fsp3) is 0.444. The van der Waals surface area contributed by atoms with Crippen molar-refractivity contribution < 1.29 is 4.74 Å². The number of nitrogens with one attached hydrogen (secondary N) is 2. The second kappa shape index (κ2) is 10.6. The summed E-state index contributed by atoms with van der Waals surface area (Å²) < 4.78 is 5.47. The molecule has 5 nitrogen and oxygen atoms in total. The molecule has 0 saturated carbocycles. The van der Waals surface area contributed by atoms with E-state index < -0.39 is 0 Å². The molecule has 1 heterocycles. The van der Waals surface area contributed by atoms with E-state index in [4.69, 9.17) is 4.74 Å². The summed E-state index contributed by atoms with van der Waals surface area (Å²) in [5.41, 5.74) is 2.33. The van der Waals surface area contributed by atoms with Crippen molar-refractivity contribution in [2.24, 2.45) is 4.99 Å². The van der Waals surface area contributed by atoms with Crippen molar-refractivity contribution in [3.8, 4) is 5.75 Å². The molecule has 138 valence electrons. The van der Waals surface area contributed by atoms with Gasteiger partial charge < -0.3 is 15.4 Å². The SMILES string of the molecule is CN=C(NCCc1ncc(C)s1)NC(C)c1cc(C)ccc1OC.I. The standard InChI is InChI=1S/C18H26N4OS.HI/c1-12-6-7-16(23-5)15(10-12)14(3)22-18(19-4)20-9-8-17-21-11-13(2)24-17;/h6-7,10-11,14H,8-9H2,1-5H3,(H2,19,20,22);1H. The largest absolute Gasteiger partial charge is 0.496 e. The molecule has 0 saturated heterocycles. The molecule has 0 spiro atoms. The van der Waals surface area contributed by atoms with Crippen LogP contribution in [0.15, 0.2) is 29.4 Å². The highest BCUT2D eigenvalue weighted by molar-refractivity contribution is 14.0. The Bertz CT molecular complexity index is 702. The number of aromatic nitrogens is 1. The van der Waals surface area contributed by atoms with Crippen molar-refractivity contribution in [2.75, 3.05) is 20.7 Å². The maximum atomic E-state index is 5.47. The van der Waals surface area contributed by atoms with Crippen LogP contribution in [0.1, 0.15) is 34.0 Å². The molecule has 1 aromatic heterocycles. The fourth-order valence-electron chi connectivity index (χ4n) is 2.47. The van der Waals surface area contributed by atoms with E-state index >= 15 is 0 Å². The molecule has 0 amide bonds. The van der Waals surface area contributed by atoms with Crippen LogP contribution in [0.3, 0.4) is 0 Å². The molecule has 0 radical (unpaired) electrons. The van der Waals surface area contributed by atoms with Gasteiger partial charge in [-0.1, -0.05) is 17.7 Å². The molecule has 2 N–H and O–H groups in total. The number of hydrogen-bond acceptors (Lipinski definition) is 4. The third kappa shape index (κ3) is 6.47. The van der Waals surface area contributed by atoms with E-state index in [1.165, 1.54) is 10.4 Å². The van der Waals surface area contributed by atoms with Crippen molar-refractivity contribution in [3.63, 3.8) is 0 Å². The van der Waals surface area contributed by atoms with Crippen LogP contribution in [0.25, 0.3) is 0 Å². The summed E-state index contributed by atoms with van der Waals surface area (Å²) in [6.07, 6.45) is 2.81. The summed E-state index contributed by atoms with van der Waals surface area (Å²) in [6, 6.07) is 6.29. The monoisotopic (exact) mass is 474 g/mol. The summed E-state index contributed by atoms with van der Waals surface area (Å²) in [5.74, 6) is 1.66. The third-order valence-electron chi connectivity index (χ3n) is 3.73. The molecular formula is C18H27IN4OS. The van der Waals surface area contributed by atoms with Crippen LogP contribution < -0.4 is 15.4 Å². The first-order chi connectivity index (χ1) is 11.5. The summed E-state index contributed by atoms with van der Waals surface area (Å²) in [5, 5.41) is 7.91. The minimum absolute atomic E-state index is 0. The lowest BCUT2D eigenvalue weighted by atomic mass is 10.0. The lowest BCUT2D eigenvalue weighted by Gasteiger charge is -2.20. The fourth-order valence-corrected chi connectivity index (χ4v) is 3.26. The summed E-state index contributed by atoms with van der Waals surface area (Å²) in [7, 11) is 3.48. The zero-order chi connectivity index (χ0) is 17.5. The summed E-state index contributed by atoms with van der Waals surface area (Å²) >= 11 is 1.74. The van der Waals surface area contributed by atoms with Gasteiger partial charge in [0, 0.05) is 36.7 Å². The summed E-state index contributed by atoms with van der Waals surface area (Å²) in [6.45, 7) is 7.06. The van der Waals surface area contributed by atoms with Crippen molar-refractivity contribution in [3.05, 3.63) is 45.4 Å². The predicted molar refractivity (Wildman–Crippen MR) is 117 cm³/mol. The van der Waals surface area contributed by atoms with Gasteiger partial charge in [0.1, 0.15) is 5.75 Å². The number of methoxy groups -OCH3 is 1. The molecule has 25 heavy (non-hydrogen) atoms. The first kappa shape index (κ1) is 21.7. The minimum atomic E-state index is 0. The highest BCUT2D eigenvalue weighted by Gasteiger charge is 2.13. The van der Waals surface area contributed by atoms with E-state index in [1.807, 2.05) is 12.3 Å². The molecule has 0 bridgehead atoms. The van der Waals surface area contributed by atoms with Gasteiger partial charge in [0.05, 0.1) is 18.2 Å². The molecular weight excluding hydrogens is 447 g/mol. The van der Waals surface area contributed by atoms with E-state index in [0.29, 0.717) is 0 Å². The Morgan fingerprint density at radius 1 is 1.36 bits per heavy atom. The number of ether oxygens (including phenoxy) is 1. The van der Waals surface area contributed by atoms with E-state index in [0.717, 1.165) is 35.2 Å². The number of aliphatic imine (C=N–C) groups is 1. The average Bonchev–Trinajstić information content (AvgIpc) is 2.99. The van der Waals surface area contributed by atoms with Gasteiger partial charge in [0.15, 0.2) is 5.96 Å². The number of rotatable bonds is 6. The van der Waals surface area contributed by atoms with Crippen molar-refractivity contribution >= 4 is 41.3 Å². The minimum Gasteiger partial charge on any atom is -0.496 e. The number of thiazole rings is 1. The van der Waals surface area contributed by atoms with Crippen LogP contribution in [0.5, 0.6) is 5.75 Å². The molecule has 1 atom stereocenters. The molecule has 0 aliphatic heterocycles. The van der Waals surface area contributed by atoms with E-state index in [9.17, 15) is 0 Å². The Kier molecular flexibility index (Phi) is 9.20. The highest BCUT2D eigenvalue weighted by atomic mass is 127. The first-order valence-corrected chi connectivity index (χ1v) is 8.88. The van der Waals surface area contributed by atoms with Crippen molar-refractivity contribution in [1.29, 1.82) is 0 Å². The number of guanidine groups is 1. The van der Waals surface area contributed by atoms with E-state index in [1.54, 1.807) is 25.5 Å². The predicted octanol–water partition coefficient (Wildman–Crippen LogP) is 3.86.